The quantitative estimate of drug-likeness (QED) is 0.784. The lowest BCUT2D eigenvalue weighted by atomic mass is 10.4. The molecule has 0 aliphatic rings. The van der Waals surface area contributed by atoms with Gasteiger partial charge in [-0.05, 0) is 20.8 Å². The Morgan fingerprint density at radius 2 is 2.00 bits per heavy atom. The zero-order chi connectivity index (χ0) is 13.0. The third-order valence-electron chi connectivity index (χ3n) is 2.04. The standard InChI is InChI=1S/C12H20BrN3O/c1-8(2)17-11-6-10(4)14-12(15-11)16(5)7-9(3)13/h6,8-9H,7H2,1-5H3. The zero-order valence-electron chi connectivity index (χ0n) is 11.1. The van der Waals surface area contributed by atoms with E-state index in [4.69, 9.17) is 4.74 Å². The molecule has 0 aliphatic heterocycles. The molecular formula is C12H20BrN3O. The molecule has 0 aromatic carbocycles. The van der Waals surface area contributed by atoms with E-state index in [9.17, 15) is 0 Å². The van der Waals surface area contributed by atoms with E-state index in [1.54, 1.807) is 0 Å². The van der Waals surface area contributed by atoms with Crippen molar-refractivity contribution in [1.29, 1.82) is 0 Å². The number of ether oxygens (including phenoxy) is 1. The maximum Gasteiger partial charge on any atom is 0.228 e. The highest BCUT2D eigenvalue weighted by molar-refractivity contribution is 9.09. The normalized spacial score (nSPS) is 12.6. The van der Waals surface area contributed by atoms with Crippen LogP contribution in [-0.2, 0) is 0 Å². The van der Waals surface area contributed by atoms with Crippen molar-refractivity contribution in [2.45, 2.75) is 38.6 Å². The monoisotopic (exact) mass is 301 g/mol. The number of nitrogens with zero attached hydrogens (tertiary/aromatic N) is 3. The average molecular weight is 302 g/mol. The Balaban J connectivity index is 2.88. The van der Waals surface area contributed by atoms with E-state index >= 15 is 0 Å². The van der Waals surface area contributed by atoms with Gasteiger partial charge in [-0.3, -0.25) is 0 Å². The molecule has 5 heteroatoms. The van der Waals surface area contributed by atoms with Crippen LogP contribution >= 0.6 is 15.9 Å². The Morgan fingerprint density at radius 1 is 1.35 bits per heavy atom. The lowest BCUT2D eigenvalue weighted by Gasteiger charge is -2.20. The molecule has 1 unspecified atom stereocenters. The number of hydrogen-bond donors (Lipinski definition) is 0. The largest absolute Gasteiger partial charge is 0.475 e. The van der Waals surface area contributed by atoms with Crippen LogP contribution in [0.2, 0.25) is 0 Å². The summed E-state index contributed by atoms with van der Waals surface area (Å²) >= 11 is 3.52. The molecule has 0 saturated heterocycles. The number of rotatable bonds is 5. The smallest absolute Gasteiger partial charge is 0.228 e. The number of hydrogen-bond acceptors (Lipinski definition) is 4. The molecule has 0 bridgehead atoms. The molecule has 0 amide bonds. The van der Waals surface area contributed by atoms with Gasteiger partial charge in [0.15, 0.2) is 0 Å². The van der Waals surface area contributed by atoms with E-state index in [0.29, 0.717) is 16.7 Å². The van der Waals surface area contributed by atoms with Crippen LogP contribution in [0, 0.1) is 6.92 Å². The number of alkyl halides is 1. The molecule has 1 rings (SSSR count). The van der Waals surface area contributed by atoms with Crippen LogP contribution in [0.3, 0.4) is 0 Å². The van der Waals surface area contributed by atoms with E-state index in [-0.39, 0.29) is 6.10 Å². The highest BCUT2D eigenvalue weighted by Crippen LogP contribution is 2.16. The Labute approximate surface area is 112 Å². The minimum absolute atomic E-state index is 0.123. The van der Waals surface area contributed by atoms with Gasteiger partial charge in [-0.1, -0.05) is 22.9 Å². The molecule has 1 heterocycles. The van der Waals surface area contributed by atoms with Crippen molar-refractivity contribution in [3.8, 4) is 5.88 Å². The van der Waals surface area contributed by atoms with Crippen molar-refractivity contribution >= 4 is 21.9 Å². The number of halogens is 1. The molecule has 0 spiro atoms. The summed E-state index contributed by atoms with van der Waals surface area (Å²) in [6, 6.07) is 1.86. The van der Waals surface area contributed by atoms with E-state index in [1.807, 2.05) is 38.8 Å². The third kappa shape index (κ3) is 4.89. The minimum atomic E-state index is 0.123. The summed E-state index contributed by atoms with van der Waals surface area (Å²) in [7, 11) is 1.98. The first-order chi connectivity index (χ1) is 7.88. The zero-order valence-corrected chi connectivity index (χ0v) is 12.7. The molecule has 0 radical (unpaired) electrons. The molecule has 1 aromatic rings. The summed E-state index contributed by atoms with van der Waals surface area (Å²) in [5.74, 6) is 1.34. The van der Waals surface area contributed by atoms with Gasteiger partial charge in [-0.2, -0.15) is 4.98 Å². The van der Waals surface area contributed by atoms with Gasteiger partial charge in [0.05, 0.1) is 6.10 Å². The van der Waals surface area contributed by atoms with Crippen LogP contribution in [0.1, 0.15) is 26.5 Å². The minimum Gasteiger partial charge on any atom is -0.475 e. The Kier molecular flexibility index (Phi) is 5.18. The van der Waals surface area contributed by atoms with Crippen molar-refractivity contribution in [3.63, 3.8) is 0 Å². The fourth-order valence-electron chi connectivity index (χ4n) is 1.46. The van der Waals surface area contributed by atoms with Gasteiger partial charge in [0.1, 0.15) is 0 Å². The van der Waals surface area contributed by atoms with Crippen molar-refractivity contribution in [2.75, 3.05) is 18.5 Å². The van der Waals surface area contributed by atoms with Gasteiger partial charge in [0.2, 0.25) is 11.8 Å². The van der Waals surface area contributed by atoms with Gasteiger partial charge < -0.3 is 9.64 Å². The maximum absolute atomic E-state index is 5.60. The molecule has 0 N–H and O–H groups in total. The molecule has 1 atom stereocenters. The van der Waals surface area contributed by atoms with Gasteiger partial charge in [-0.15, -0.1) is 0 Å². The molecular weight excluding hydrogens is 282 g/mol. The molecule has 0 fully saturated rings. The van der Waals surface area contributed by atoms with Crippen molar-refractivity contribution < 1.29 is 4.74 Å². The highest BCUT2D eigenvalue weighted by Gasteiger charge is 2.10. The Hall–Kier alpha value is -0.840. The second-order valence-electron chi connectivity index (χ2n) is 4.48. The van der Waals surface area contributed by atoms with Crippen molar-refractivity contribution in [3.05, 3.63) is 11.8 Å². The molecule has 96 valence electrons. The lowest BCUT2D eigenvalue weighted by molar-refractivity contribution is 0.232. The predicted octanol–water partition coefficient (Wildman–Crippen LogP) is 2.79. The average Bonchev–Trinajstić information content (AvgIpc) is 2.14. The van der Waals surface area contributed by atoms with Crippen LogP contribution in [0.25, 0.3) is 0 Å². The fourth-order valence-corrected chi connectivity index (χ4v) is 1.89. The van der Waals surface area contributed by atoms with Gasteiger partial charge in [0.25, 0.3) is 0 Å². The van der Waals surface area contributed by atoms with Crippen molar-refractivity contribution in [2.24, 2.45) is 0 Å². The van der Waals surface area contributed by atoms with E-state index in [0.717, 1.165) is 12.2 Å². The topological polar surface area (TPSA) is 38.2 Å². The maximum atomic E-state index is 5.60. The van der Waals surface area contributed by atoms with E-state index < -0.39 is 0 Å². The first kappa shape index (κ1) is 14.2. The summed E-state index contributed by atoms with van der Waals surface area (Å²) in [6.07, 6.45) is 0.123. The molecule has 17 heavy (non-hydrogen) atoms. The summed E-state index contributed by atoms with van der Waals surface area (Å²) in [6.45, 7) is 8.87. The van der Waals surface area contributed by atoms with E-state index in [1.165, 1.54) is 0 Å². The summed E-state index contributed by atoms with van der Waals surface area (Å²) in [5, 5.41) is 0. The van der Waals surface area contributed by atoms with Crippen LogP contribution in [0.15, 0.2) is 6.07 Å². The van der Waals surface area contributed by atoms with Gasteiger partial charge in [0, 0.05) is 30.2 Å². The molecule has 0 aliphatic carbocycles. The highest BCUT2D eigenvalue weighted by atomic mass is 79.9. The van der Waals surface area contributed by atoms with Crippen LogP contribution < -0.4 is 9.64 Å². The summed E-state index contributed by atoms with van der Waals surface area (Å²) in [4.78, 5) is 11.2. The second-order valence-corrected chi connectivity index (χ2v) is 6.04. The van der Waals surface area contributed by atoms with Crippen LogP contribution in [0.5, 0.6) is 5.88 Å². The van der Waals surface area contributed by atoms with Gasteiger partial charge >= 0.3 is 0 Å². The third-order valence-corrected chi connectivity index (χ3v) is 2.33. The van der Waals surface area contributed by atoms with Gasteiger partial charge in [-0.25, -0.2) is 4.98 Å². The van der Waals surface area contributed by atoms with E-state index in [2.05, 4.69) is 32.8 Å². The number of aromatic nitrogens is 2. The molecule has 0 saturated carbocycles. The lowest BCUT2D eigenvalue weighted by Crippen LogP contribution is -2.26. The Morgan fingerprint density at radius 3 is 2.53 bits per heavy atom. The molecule has 4 nitrogen and oxygen atoms in total. The predicted molar refractivity (Wildman–Crippen MR) is 74.2 cm³/mol. The first-order valence-corrected chi connectivity index (χ1v) is 6.67. The Bertz CT molecular complexity index is 369. The molecule has 1 aromatic heterocycles. The fraction of sp³-hybridized carbons (Fsp3) is 0.667. The SMILES string of the molecule is Cc1cc(OC(C)C)nc(N(C)CC(C)Br)n1. The number of anilines is 1. The second kappa shape index (κ2) is 6.19. The summed E-state index contributed by atoms with van der Waals surface area (Å²) in [5.41, 5.74) is 0.916. The van der Waals surface area contributed by atoms with Crippen molar-refractivity contribution in [1.82, 2.24) is 9.97 Å². The summed E-state index contributed by atoms with van der Waals surface area (Å²) < 4.78 is 5.60. The number of aryl methyl sites for hydroxylation is 1. The van der Waals surface area contributed by atoms with Crippen LogP contribution in [0.4, 0.5) is 5.95 Å². The van der Waals surface area contributed by atoms with Crippen LogP contribution in [-0.4, -0.2) is 34.5 Å². The first-order valence-electron chi connectivity index (χ1n) is 5.76.